The second-order valence-corrected chi connectivity index (χ2v) is 3.87. The third kappa shape index (κ3) is 2.73. The Morgan fingerprint density at radius 1 is 1.50 bits per heavy atom. The summed E-state index contributed by atoms with van der Waals surface area (Å²) in [5.74, 6) is 0.154. The van der Waals surface area contributed by atoms with Gasteiger partial charge in [-0.2, -0.15) is 5.26 Å². The number of carbonyl (C=O) groups excluding carboxylic acids is 1. The van der Waals surface area contributed by atoms with E-state index in [-0.39, 0.29) is 12.5 Å². The molecule has 0 spiro atoms. The van der Waals surface area contributed by atoms with Gasteiger partial charge in [0.1, 0.15) is 6.54 Å². The van der Waals surface area contributed by atoms with E-state index in [1.165, 1.54) is 12.8 Å². The van der Waals surface area contributed by atoms with E-state index >= 15 is 0 Å². The zero-order valence-corrected chi connectivity index (χ0v) is 8.83. The van der Waals surface area contributed by atoms with Crippen LogP contribution in [0.2, 0.25) is 0 Å². The molecule has 0 aromatic rings. The highest BCUT2D eigenvalue weighted by Crippen LogP contribution is 2.23. The van der Waals surface area contributed by atoms with Crippen LogP contribution in [-0.4, -0.2) is 23.4 Å². The Morgan fingerprint density at radius 2 is 2.14 bits per heavy atom. The van der Waals surface area contributed by atoms with E-state index in [9.17, 15) is 4.79 Å². The summed E-state index contributed by atoms with van der Waals surface area (Å²) in [6, 6.07) is 2.43. The third-order valence-electron chi connectivity index (χ3n) is 2.79. The first-order valence-corrected chi connectivity index (χ1v) is 5.46. The molecule has 1 aliphatic carbocycles. The summed E-state index contributed by atoms with van der Waals surface area (Å²) in [7, 11) is 0. The lowest BCUT2D eigenvalue weighted by Gasteiger charge is -2.26. The molecule has 0 unspecified atom stereocenters. The second-order valence-electron chi connectivity index (χ2n) is 3.87. The molecule has 14 heavy (non-hydrogen) atoms. The van der Waals surface area contributed by atoms with Crippen molar-refractivity contribution in [2.75, 3.05) is 6.54 Å². The van der Waals surface area contributed by atoms with Crippen molar-refractivity contribution in [2.45, 2.75) is 51.5 Å². The van der Waals surface area contributed by atoms with Crippen LogP contribution in [0.15, 0.2) is 0 Å². The van der Waals surface area contributed by atoms with Gasteiger partial charge in [-0.25, -0.2) is 0 Å². The van der Waals surface area contributed by atoms with E-state index in [0.29, 0.717) is 12.5 Å². The van der Waals surface area contributed by atoms with E-state index < -0.39 is 0 Å². The van der Waals surface area contributed by atoms with Crippen LogP contribution in [-0.2, 0) is 4.79 Å². The number of carbonyl (C=O) groups is 1. The summed E-state index contributed by atoms with van der Waals surface area (Å²) in [5, 5.41) is 8.67. The van der Waals surface area contributed by atoms with Gasteiger partial charge in [0, 0.05) is 12.5 Å². The van der Waals surface area contributed by atoms with E-state index in [2.05, 4.69) is 6.07 Å². The molecule has 0 aliphatic heterocycles. The fourth-order valence-corrected chi connectivity index (χ4v) is 2.07. The maximum Gasteiger partial charge on any atom is 0.223 e. The number of nitriles is 1. The Morgan fingerprint density at radius 3 is 2.64 bits per heavy atom. The van der Waals surface area contributed by atoms with Gasteiger partial charge >= 0.3 is 0 Å². The van der Waals surface area contributed by atoms with Crippen molar-refractivity contribution in [1.29, 1.82) is 5.26 Å². The van der Waals surface area contributed by atoms with Crippen molar-refractivity contribution in [1.82, 2.24) is 4.90 Å². The van der Waals surface area contributed by atoms with Crippen molar-refractivity contribution in [3.05, 3.63) is 0 Å². The molecular weight excluding hydrogens is 176 g/mol. The van der Waals surface area contributed by atoms with Crippen LogP contribution >= 0.6 is 0 Å². The summed E-state index contributed by atoms with van der Waals surface area (Å²) in [4.78, 5) is 13.5. The Hall–Kier alpha value is -1.04. The average Bonchev–Trinajstić information content (AvgIpc) is 2.67. The molecule has 1 fully saturated rings. The maximum absolute atomic E-state index is 11.7. The van der Waals surface area contributed by atoms with E-state index in [1.807, 2.05) is 6.92 Å². The molecule has 1 saturated carbocycles. The highest BCUT2D eigenvalue weighted by molar-refractivity contribution is 5.76. The quantitative estimate of drug-likeness (QED) is 0.643. The lowest BCUT2D eigenvalue weighted by atomic mass is 10.2. The van der Waals surface area contributed by atoms with Crippen LogP contribution in [0, 0.1) is 11.3 Å². The first kappa shape index (κ1) is 11.0. The Bertz CT molecular complexity index is 226. The standard InChI is InChI=1S/C11H18N2O/c1-2-5-11(14)13(9-8-12)10-6-3-4-7-10/h10H,2-7,9H2,1H3. The molecule has 1 amide bonds. The minimum atomic E-state index is 0.154. The van der Waals surface area contributed by atoms with Gasteiger partial charge < -0.3 is 4.90 Å². The summed E-state index contributed by atoms with van der Waals surface area (Å²) in [5.41, 5.74) is 0. The van der Waals surface area contributed by atoms with Gasteiger partial charge in [0.25, 0.3) is 0 Å². The molecule has 0 N–H and O–H groups in total. The van der Waals surface area contributed by atoms with Crippen LogP contribution < -0.4 is 0 Å². The van der Waals surface area contributed by atoms with Gasteiger partial charge in [-0.1, -0.05) is 19.8 Å². The second kappa shape index (κ2) is 5.64. The highest BCUT2D eigenvalue weighted by Gasteiger charge is 2.25. The highest BCUT2D eigenvalue weighted by atomic mass is 16.2. The van der Waals surface area contributed by atoms with Gasteiger partial charge in [0.05, 0.1) is 6.07 Å². The minimum absolute atomic E-state index is 0.154. The molecule has 0 heterocycles. The number of nitrogens with zero attached hydrogens (tertiary/aromatic N) is 2. The fraction of sp³-hybridized carbons (Fsp3) is 0.818. The van der Waals surface area contributed by atoms with Gasteiger partial charge in [0.15, 0.2) is 0 Å². The zero-order valence-electron chi connectivity index (χ0n) is 8.83. The SMILES string of the molecule is CCCC(=O)N(CC#N)C1CCCC1. The number of hydrogen-bond acceptors (Lipinski definition) is 2. The largest absolute Gasteiger partial charge is 0.326 e. The Kier molecular flexibility index (Phi) is 4.45. The third-order valence-corrected chi connectivity index (χ3v) is 2.79. The fourth-order valence-electron chi connectivity index (χ4n) is 2.07. The molecule has 3 nitrogen and oxygen atoms in total. The van der Waals surface area contributed by atoms with Crippen LogP contribution in [0.1, 0.15) is 45.4 Å². The average molecular weight is 194 g/mol. The van der Waals surface area contributed by atoms with Crippen LogP contribution in [0.3, 0.4) is 0 Å². The molecule has 3 heteroatoms. The van der Waals surface area contributed by atoms with Crippen molar-refractivity contribution >= 4 is 5.91 Å². The molecule has 0 aromatic heterocycles. The van der Waals surface area contributed by atoms with Crippen molar-refractivity contribution < 1.29 is 4.79 Å². The summed E-state index contributed by atoms with van der Waals surface area (Å²) >= 11 is 0. The predicted octanol–water partition coefficient (Wildman–Crippen LogP) is 2.08. The molecule has 0 radical (unpaired) electrons. The summed E-state index contributed by atoms with van der Waals surface area (Å²) in [6.07, 6.45) is 6.01. The zero-order chi connectivity index (χ0) is 10.4. The number of rotatable bonds is 4. The summed E-state index contributed by atoms with van der Waals surface area (Å²) in [6.45, 7) is 2.26. The molecule has 1 rings (SSSR count). The molecule has 1 aliphatic rings. The van der Waals surface area contributed by atoms with E-state index in [0.717, 1.165) is 19.3 Å². The molecule has 78 valence electrons. The molecule has 0 aromatic carbocycles. The molecule has 0 saturated heterocycles. The molecular formula is C11H18N2O. The van der Waals surface area contributed by atoms with E-state index in [1.54, 1.807) is 4.90 Å². The van der Waals surface area contributed by atoms with Gasteiger partial charge in [-0.3, -0.25) is 4.79 Å². The maximum atomic E-state index is 11.7. The van der Waals surface area contributed by atoms with E-state index in [4.69, 9.17) is 5.26 Å². The van der Waals surface area contributed by atoms with Crippen molar-refractivity contribution in [3.8, 4) is 6.07 Å². The Labute approximate surface area is 85.7 Å². The minimum Gasteiger partial charge on any atom is -0.326 e. The predicted molar refractivity (Wildman–Crippen MR) is 54.5 cm³/mol. The normalized spacial score (nSPS) is 16.6. The first-order valence-electron chi connectivity index (χ1n) is 5.46. The molecule has 0 bridgehead atoms. The summed E-state index contributed by atoms with van der Waals surface area (Å²) < 4.78 is 0. The smallest absolute Gasteiger partial charge is 0.223 e. The van der Waals surface area contributed by atoms with Crippen molar-refractivity contribution in [2.24, 2.45) is 0 Å². The molecule has 0 atom stereocenters. The Balaban J connectivity index is 2.53. The number of hydrogen-bond donors (Lipinski definition) is 0. The first-order chi connectivity index (χ1) is 6.79. The van der Waals surface area contributed by atoms with Gasteiger partial charge in [-0.05, 0) is 19.3 Å². The van der Waals surface area contributed by atoms with Gasteiger partial charge in [-0.15, -0.1) is 0 Å². The van der Waals surface area contributed by atoms with Crippen LogP contribution in [0.4, 0.5) is 0 Å². The topological polar surface area (TPSA) is 44.1 Å². The van der Waals surface area contributed by atoms with Crippen LogP contribution in [0.5, 0.6) is 0 Å². The van der Waals surface area contributed by atoms with Crippen LogP contribution in [0.25, 0.3) is 0 Å². The lowest BCUT2D eigenvalue weighted by Crippen LogP contribution is -2.38. The van der Waals surface area contributed by atoms with Crippen molar-refractivity contribution in [3.63, 3.8) is 0 Å². The lowest BCUT2D eigenvalue weighted by molar-refractivity contribution is -0.132. The number of amides is 1. The monoisotopic (exact) mass is 194 g/mol. The van der Waals surface area contributed by atoms with Gasteiger partial charge in [0.2, 0.25) is 5.91 Å².